The molecule has 0 atom stereocenters. The Labute approximate surface area is 184 Å². The van der Waals surface area contributed by atoms with Gasteiger partial charge in [-0.2, -0.15) is 0 Å². The molecule has 1 heterocycles. The number of nitrogens with zero attached hydrogens (tertiary/aromatic N) is 1. The highest BCUT2D eigenvalue weighted by Gasteiger charge is 2.08. The minimum Gasteiger partial charge on any atom is -0.248 e. The van der Waals surface area contributed by atoms with E-state index in [1.165, 1.54) is 33.4 Å². The molecule has 0 saturated heterocycles. The highest BCUT2D eigenvalue weighted by atomic mass is 14.7. The molecule has 1 nitrogen and oxygen atoms in total. The third-order valence-electron chi connectivity index (χ3n) is 5.91. The Morgan fingerprint density at radius 1 is 0.613 bits per heavy atom. The summed E-state index contributed by atoms with van der Waals surface area (Å²) in [5, 5.41) is 1.16. The van der Waals surface area contributed by atoms with Gasteiger partial charge in [0.15, 0.2) is 0 Å². The van der Waals surface area contributed by atoms with Crippen LogP contribution >= 0.6 is 0 Å². The van der Waals surface area contributed by atoms with Gasteiger partial charge in [0.05, 0.1) is 11.2 Å². The highest BCUT2D eigenvalue weighted by Crippen LogP contribution is 2.30. The van der Waals surface area contributed by atoms with Gasteiger partial charge in [-0.25, -0.2) is 4.98 Å². The van der Waals surface area contributed by atoms with Gasteiger partial charge in [0.25, 0.3) is 0 Å². The molecule has 1 aromatic heterocycles. The first-order valence-electron chi connectivity index (χ1n) is 10.9. The molecule has 0 unspecified atom stereocenters. The molecule has 4 aromatic carbocycles. The summed E-state index contributed by atoms with van der Waals surface area (Å²) < 4.78 is 0. The Bertz CT molecular complexity index is 1380. The van der Waals surface area contributed by atoms with Crippen LogP contribution in [0.1, 0.15) is 18.1 Å². The molecular formula is C30H25N. The monoisotopic (exact) mass is 399 g/mol. The number of fused-ring (bicyclic) bond motifs is 1. The minimum atomic E-state index is 1.00. The van der Waals surface area contributed by atoms with E-state index in [0.717, 1.165) is 28.6 Å². The van der Waals surface area contributed by atoms with Gasteiger partial charge in [0.2, 0.25) is 0 Å². The summed E-state index contributed by atoms with van der Waals surface area (Å²) in [7, 11) is 0. The second-order valence-corrected chi connectivity index (χ2v) is 8.06. The van der Waals surface area contributed by atoms with Gasteiger partial charge >= 0.3 is 0 Å². The predicted molar refractivity (Wildman–Crippen MR) is 132 cm³/mol. The van der Waals surface area contributed by atoms with Crippen LogP contribution in [-0.2, 0) is 6.42 Å². The molecule has 0 fully saturated rings. The Balaban J connectivity index is 1.58. The lowest BCUT2D eigenvalue weighted by molar-refractivity contribution is 1.14. The summed E-state index contributed by atoms with van der Waals surface area (Å²) in [5.74, 6) is 0. The molecule has 0 spiro atoms. The standard InChI is InChI=1S/C30H25N/c1-3-22-9-4-5-13-28(22)26-15-14-23-16-17-29(31-30(23)20-26)27-12-7-11-25(19-27)24-10-6-8-21(2)18-24/h4-20H,3H2,1-2H3. The average molecular weight is 400 g/mol. The zero-order valence-corrected chi connectivity index (χ0v) is 18.0. The summed E-state index contributed by atoms with van der Waals surface area (Å²) in [6.07, 6.45) is 1.02. The molecule has 31 heavy (non-hydrogen) atoms. The van der Waals surface area contributed by atoms with E-state index in [9.17, 15) is 0 Å². The molecule has 5 rings (SSSR count). The van der Waals surface area contributed by atoms with Crippen LogP contribution in [0.3, 0.4) is 0 Å². The maximum absolute atomic E-state index is 5.04. The van der Waals surface area contributed by atoms with E-state index in [-0.39, 0.29) is 0 Å². The van der Waals surface area contributed by atoms with Gasteiger partial charge in [-0.1, -0.05) is 97.4 Å². The molecule has 0 saturated carbocycles. The summed E-state index contributed by atoms with van der Waals surface area (Å²) in [6.45, 7) is 4.34. The Hall–Kier alpha value is -3.71. The van der Waals surface area contributed by atoms with Crippen LogP contribution in [-0.4, -0.2) is 4.98 Å². The van der Waals surface area contributed by atoms with Gasteiger partial charge in [-0.15, -0.1) is 0 Å². The maximum Gasteiger partial charge on any atom is 0.0715 e. The first kappa shape index (κ1) is 19.3. The topological polar surface area (TPSA) is 12.9 Å². The SMILES string of the molecule is CCc1ccccc1-c1ccc2ccc(-c3cccc(-c4cccc(C)c4)c3)nc2c1. The van der Waals surface area contributed by atoms with Crippen molar-refractivity contribution in [2.45, 2.75) is 20.3 Å². The Morgan fingerprint density at radius 2 is 1.35 bits per heavy atom. The van der Waals surface area contributed by atoms with Gasteiger partial charge in [0, 0.05) is 10.9 Å². The van der Waals surface area contributed by atoms with Crippen LogP contribution in [0.2, 0.25) is 0 Å². The summed E-state index contributed by atoms with van der Waals surface area (Å²) in [4.78, 5) is 5.04. The smallest absolute Gasteiger partial charge is 0.0715 e. The molecule has 0 aliphatic rings. The number of rotatable bonds is 4. The normalized spacial score (nSPS) is 11.0. The lowest BCUT2D eigenvalue weighted by Crippen LogP contribution is -1.90. The lowest BCUT2D eigenvalue weighted by atomic mass is 9.97. The molecule has 5 aromatic rings. The van der Waals surface area contributed by atoms with Crippen LogP contribution in [0.5, 0.6) is 0 Å². The third-order valence-corrected chi connectivity index (χ3v) is 5.91. The van der Waals surface area contributed by atoms with Crippen molar-refractivity contribution < 1.29 is 0 Å². The summed E-state index contributed by atoms with van der Waals surface area (Å²) >= 11 is 0. The third kappa shape index (κ3) is 3.87. The van der Waals surface area contributed by atoms with Crippen LogP contribution in [0.15, 0.2) is 103 Å². The number of hydrogen-bond acceptors (Lipinski definition) is 1. The lowest BCUT2D eigenvalue weighted by Gasteiger charge is -2.10. The van der Waals surface area contributed by atoms with E-state index < -0.39 is 0 Å². The largest absolute Gasteiger partial charge is 0.248 e. The van der Waals surface area contributed by atoms with Crippen LogP contribution in [0, 0.1) is 6.92 Å². The van der Waals surface area contributed by atoms with Crippen LogP contribution in [0.4, 0.5) is 0 Å². The Kier molecular flexibility index (Phi) is 5.09. The zero-order valence-electron chi connectivity index (χ0n) is 18.0. The van der Waals surface area contributed by atoms with Gasteiger partial charge in [0.1, 0.15) is 0 Å². The van der Waals surface area contributed by atoms with Crippen molar-refractivity contribution in [2.24, 2.45) is 0 Å². The minimum absolute atomic E-state index is 1.00. The fourth-order valence-corrected chi connectivity index (χ4v) is 4.24. The van der Waals surface area contributed by atoms with Gasteiger partial charge in [-0.3, -0.25) is 0 Å². The second-order valence-electron chi connectivity index (χ2n) is 8.06. The number of pyridine rings is 1. The number of hydrogen-bond donors (Lipinski definition) is 0. The van der Waals surface area contributed by atoms with E-state index in [4.69, 9.17) is 4.98 Å². The van der Waals surface area contributed by atoms with Gasteiger partial charge < -0.3 is 0 Å². The Morgan fingerprint density at radius 3 is 2.19 bits per heavy atom. The summed E-state index contributed by atoms with van der Waals surface area (Å²) in [6, 6.07) is 36.8. The predicted octanol–water partition coefficient (Wildman–Crippen LogP) is 8.11. The first-order chi connectivity index (χ1) is 15.2. The molecular weight excluding hydrogens is 374 g/mol. The molecule has 0 aliphatic carbocycles. The van der Waals surface area contributed by atoms with E-state index in [1.54, 1.807) is 0 Å². The maximum atomic E-state index is 5.04. The number of benzene rings is 4. The van der Waals surface area contributed by atoms with E-state index in [2.05, 4.69) is 117 Å². The van der Waals surface area contributed by atoms with Crippen molar-refractivity contribution in [3.63, 3.8) is 0 Å². The van der Waals surface area contributed by atoms with Crippen LogP contribution in [0.25, 0.3) is 44.4 Å². The molecule has 0 bridgehead atoms. The highest BCUT2D eigenvalue weighted by molar-refractivity contribution is 5.87. The molecule has 1 heteroatoms. The quantitative estimate of drug-likeness (QED) is 0.297. The fourth-order valence-electron chi connectivity index (χ4n) is 4.24. The van der Waals surface area contributed by atoms with E-state index in [0.29, 0.717) is 0 Å². The molecule has 0 amide bonds. The van der Waals surface area contributed by atoms with Crippen LogP contribution < -0.4 is 0 Å². The van der Waals surface area contributed by atoms with Crippen molar-refractivity contribution in [2.75, 3.05) is 0 Å². The van der Waals surface area contributed by atoms with Crippen molar-refractivity contribution in [3.8, 4) is 33.5 Å². The second kappa shape index (κ2) is 8.20. The number of aromatic nitrogens is 1. The first-order valence-corrected chi connectivity index (χ1v) is 10.9. The zero-order chi connectivity index (χ0) is 21.2. The van der Waals surface area contributed by atoms with Crippen molar-refractivity contribution in [1.29, 1.82) is 0 Å². The number of aryl methyl sites for hydroxylation is 2. The van der Waals surface area contributed by atoms with Crippen molar-refractivity contribution in [1.82, 2.24) is 4.98 Å². The fraction of sp³-hybridized carbons (Fsp3) is 0.100. The van der Waals surface area contributed by atoms with E-state index in [1.807, 2.05) is 0 Å². The van der Waals surface area contributed by atoms with Gasteiger partial charge in [-0.05, 0) is 59.4 Å². The van der Waals surface area contributed by atoms with Crippen molar-refractivity contribution >= 4 is 10.9 Å². The van der Waals surface area contributed by atoms with Crippen molar-refractivity contribution in [3.05, 3.63) is 114 Å². The summed E-state index contributed by atoms with van der Waals surface area (Å²) in [5.41, 5.74) is 10.8. The average Bonchev–Trinajstić information content (AvgIpc) is 2.83. The molecule has 0 aliphatic heterocycles. The molecule has 0 radical (unpaired) electrons. The molecule has 0 N–H and O–H groups in total. The van der Waals surface area contributed by atoms with E-state index >= 15 is 0 Å². The molecule has 150 valence electrons.